The standard InChI is InChI=1S/C20H25NO4S/c1-16-6-8-17(9-7-16)25-18-10-12-21(13-11-18)14-15-26(23,24)20-5-3-2-4-19(20)22/h2-9,18,22H,10-15H2,1H3. The number of phenolic OH excluding ortho intramolecular Hbond substituents is 1. The number of aryl methyl sites for hydroxylation is 1. The summed E-state index contributed by atoms with van der Waals surface area (Å²) in [4.78, 5) is 2.16. The zero-order valence-electron chi connectivity index (χ0n) is 15.0. The number of hydrogen-bond donors (Lipinski definition) is 1. The largest absolute Gasteiger partial charge is 0.507 e. The van der Waals surface area contributed by atoms with Crippen LogP contribution in [0.2, 0.25) is 0 Å². The van der Waals surface area contributed by atoms with Crippen LogP contribution in [0.4, 0.5) is 0 Å². The molecule has 1 N–H and O–H groups in total. The van der Waals surface area contributed by atoms with E-state index in [1.807, 2.05) is 31.2 Å². The molecule has 1 aliphatic heterocycles. The van der Waals surface area contributed by atoms with E-state index in [1.54, 1.807) is 12.1 Å². The van der Waals surface area contributed by atoms with Gasteiger partial charge in [0.25, 0.3) is 0 Å². The van der Waals surface area contributed by atoms with E-state index >= 15 is 0 Å². The Morgan fingerprint density at radius 2 is 1.73 bits per heavy atom. The van der Waals surface area contributed by atoms with Gasteiger partial charge in [0, 0.05) is 19.6 Å². The van der Waals surface area contributed by atoms with E-state index in [-0.39, 0.29) is 22.5 Å². The summed E-state index contributed by atoms with van der Waals surface area (Å²) >= 11 is 0. The average Bonchev–Trinajstić information content (AvgIpc) is 2.63. The molecule has 0 amide bonds. The van der Waals surface area contributed by atoms with E-state index in [4.69, 9.17) is 4.74 Å². The number of para-hydroxylation sites is 1. The number of phenols is 1. The molecule has 5 nitrogen and oxygen atoms in total. The molecule has 1 heterocycles. The van der Waals surface area contributed by atoms with Gasteiger partial charge in [-0.3, -0.25) is 0 Å². The molecule has 0 unspecified atom stereocenters. The van der Waals surface area contributed by atoms with Crippen molar-refractivity contribution in [3.05, 3.63) is 54.1 Å². The lowest BCUT2D eigenvalue weighted by molar-refractivity contribution is 0.104. The highest BCUT2D eigenvalue weighted by Gasteiger charge is 2.24. The Kier molecular flexibility index (Phi) is 5.84. The van der Waals surface area contributed by atoms with Crippen molar-refractivity contribution in [1.29, 1.82) is 0 Å². The first-order chi connectivity index (χ1) is 12.4. The fourth-order valence-corrected chi connectivity index (χ4v) is 4.53. The molecule has 0 aromatic heterocycles. The molecular formula is C20H25NO4S. The molecule has 1 fully saturated rings. The van der Waals surface area contributed by atoms with Gasteiger partial charge in [-0.2, -0.15) is 0 Å². The minimum atomic E-state index is -3.48. The molecule has 0 radical (unpaired) electrons. The number of hydrogen-bond acceptors (Lipinski definition) is 5. The van der Waals surface area contributed by atoms with Crippen LogP contribution in [-0.4, -0.2) is 49.9 Å². The van der Waals surface area contributed by atoms with Crippen molar-refractivity contribution < 1.29 is 18.3 Å². The third-order valence-electron chi connectivity index (χ3n) is 4.73. The van der Waals surface area contributed by atoms with Crippen LogP contribution in [0, 0.1) is 6.92 Å². The predicted octanol–water partition coefficient (Wildman–Crippen LogP) is 3.02. The van der Waals surface area contributed by atoms with Gasteiger partial charge in [-0.15, -0.1) is 0 Å². The maximum atomic E-state index is 12.4. The summed E-state index contributed by atoms with van der Waals surface area (Å²) in [7, 11) is -3.48. The van der Waals surface area contributed by atoms with Gasteiger partial charge in [0.1, 0.15) is 22.5 Å². The van der Waals surface area contributed by atoms with Crippen LogP contribution in [0.15, 0.2) is 53.4 Å². The Labute approximate surface area is 155 Å². The molecule has 3 rings (SSSR count). The molecule has 0 aliphatic carbocycles. The normalized spacial score (nSPS) is 16.5. The summed E-state index contributed by atoms with van der Waals surface area (Å²) in [6, 6.07) is 14.1. The number of sulfone groups is 1. The molecule has 1 saturated heterocycles. The topological polar surface area (TPSA) is 66.8 Å². The molecule has 0 spiro atoms. The maximum Gasteiger partial charge on any atom is 0.183 e. The van der Waals surface area contributed by atoms with E-state index < -0.39 is 9.84 Å². The second kappa shape index (κ2) is 8.10. The highest BCUT2D eigenvalue weighted by Crippen LogP contribution is 2.23. The molecule has 26 heavy (non-hydrogen) atoms. The molecule has 0 bridgehead atoms. The van der Waals surface area contributed by atoms with Crippen molar-refractivity contribution in [3.63, 3.8) is 0 Å². The lowest BCUT2D eigenvalue weighted by atomic mass is 10.1. The van der Waals surface area contributed by atoms with Crippen molar-refractivity contribution in [3.8, 4) is 11.5 Å². The minimum Gasteiger partial charge on any atom is -0.507 e. The Hall–Kier alpha value is -2.05. The van der Waals surface area contributed by atoms with Crippen molar-refractivity contribution in [2.24, 2.45) is 0 Å². The van der Waals surface area contributed by atoms with Gasteiger partial charge in [0.2, 0.25) is 0 Å². The Bertz CT molecular complexity index is 825. The minimum absolute atomic E-state index is 0.00800. The smallest absolute Gasteiger partial charge is 0.183 e. The number of likely N-dealkylation sites (tertiary alicyclic amines) is 1. The lowest BCUT2D eigenvalue weighted by Crippen LogP contribution is -2.40. The molecule has 6 heteroatoms. The fourth-order valence-electron chi connectivity index (χ4n) is 3.14. The number of aromatic hydroxyl groups is 1. The Morgan fingerprint density at radius 3 is 2.38 bits per heavy atom. The van der Waals surface area contributed by atoms with Crippen LogP contribution >= 0.6 is 0 Å². The Balaban J connectivity index is 1.48. The van der Waals surface area contributed by atoms with Crippen LogP contribution in [0.5, 0.6) is 11.5 Å². The summed E-state index contributed by atoms with van der Waals surface area (Å²) in [6.45, 7) is 4.14. The Morgan fingerprint density at radius 1 is 1.08 bits per heavy atom. The number of benzene rings is 2. The zero-order valence-corrected chi connectivity index (χ0v) is 15.8. The van der Waals surface area contributed by atoms with Crippen molar-refractivity contribution in [2.75, 3.05) is 25.4 Å². The van der Waals surface area contributed by atoms with Gasteiger partial charge >= 0.3 is 0 Å². The van der Waals surface area contributed by atoms with E-state index in [0.717, 1.165) is 31.7 Å². The SMILES string of the molecule is Cc1ccc(OC2CCN(CCS(=O)(=O)c3ccccc3O)CC2)cc1. The van der Waals surface area contributed by atoms with Gasteiger partial charge in [-0.05, 0) is 44.0 Å². The quantitative estimate of drug-likeness (QED) is 0.841. The monoisotopic (exact) mass is 375 g/mol. The molecule has 140 valence electrons. The summed E-state index contributed by atoms with van der Waals surface area (Å²) < 4.78 is 30.8. The summed E-state index contributed by atoms with van der Waals surface area (Å²) in [5.41, 5.74) is 1.21. The highest BCUT2D eigenvalue weighted by molar-refractivity contribution is 7.91. The first-order valence-electron chi connectivity index (χ1n) is 8.90. The van der Waals surface area contributed by atoms with Crippen molar-refractivity contribution in [1.82, 2.24) is 4.90 Å². The first-order valence-corrected chi connectivity index (χ1v) is 10.6. The van der Waals surface area contributed by atoms with E-state index in [0.29, 0.717) is 6.54 Å². The van der Waals surface area contributed by atoms with Gasteiger partial charge in [0.05, 0.1) is 5.75 Å². The highest BCUT2D eigenvalue weighted by atomic mass is 32.2. The van der Waals surface area contributed by atoms with Crippen LogP contribution in [0.1, 0.15) is 18.4 Å². The molecule has 2 aromatic rings. The average molecular weight is 375 g/mol. The molecule has 0 atom stereocenters. The van der Waals surface area contributed by atoms with Gasteiger partial charge in [-0.25, -0.2) is 8.42 Å². The summed E-state index contributed by atoms with van der Waals surface area (Å²) in [5, 5.41) is 9.77. The second-order valence-corrected chi connectivity index (χ2v) is 8.84. The van der Waals surface area contributed by atoms with E-state index in [2.05, 4.69) is 4.90 Å². The first kappa shape index (κ1) is 18.7. The van der Waals surface area contributed by atoms with Crippen LogP contribution in [0.25, 0.3) is 0 Å². The number of piperidine rings is 1. The molecule has 0 saturated carbocycles. The third kappa shape index (κ3) is 4.77. The van der Waals surface area contributed by atoms with Gasteiger partial charge in [-0.1, -0.05) is 29.8 Å². The maximum absolute atomic E-state index is 12.4. The van der Waals surface area contributed by atoms with Crippen LogP contribution in [0.3, 0.4) is 0 Å². The summed E-state index contributed by atoms with van der Waals surface area (Å²) in [5.74, 6) is 0.711. The molecular weight excluding hydrogens is 350 g/mol. The summed E-state index contributed by atoms with van der Waals surface area (Å²) in [6.07, 6.45) is 1.93. The van der Waals surface area contributed by atoms with Crippen LogP contribution < -0.4 is 4.74 Å². The van der Waals surface area contributed by atoms with Gasteiger partial charge in [0.15, 0.2) is 9.84 Å². The number of ether oxygens (including phenoxy) is 1. The molecule has 1 aliphatic rings. The second-order valence-electron chi connectivity index (χ2n) is 6.76. The van der Waals surface area contributed by atoms with Crippen molar-refractivity contribution in [2.45, 2.75) is 30.8 Å². The van der Waals surface area contributed by atoms with E-state index in [9.17, 15) is 13.5 Å². The number of nitrogens with zero attached hydrogens (tertiary/aromatic N) is 1. The third-order valence-corrected chi connectivity index (χ3v) is 6.47. The number of rotatable bonds is 6. The molecule has 2 aromatic carbocycles. The van der Waals surface area contributed by atoms with E-state index in [1.165, 1.54) is 17.7 Å². The van der Waals surface area contributed by atoms with Crippen molar-refractivity contribution >= 4 is 9.84 Å². The zero-order chi connectivity index (χ0) is 18.6. The lowest BCUT2D eigenvalue weighted by Gasteiger charge is -2.32. The van der Waals surface area contributed by atoms with Gasteiger partial charge < -0.3 is 14.7 Å². The van der Waals surface area contributed by atoms with Crippen LogP contribution in [-0.2, 0) is 9.84 Å². The fraction of sp³-hybridized carbons (Fsp3) is 0.400. The predicted molar refractivity (Wildman–Crippen MR) is 101 cm³/mol.